The lowest BCUT2D eigenvalue weighted by molar-refractivity contribution is -0.159. The molecular weight excluding hydrogens is 479 g/mol. The molecular formula is C25H22Cl2N2O5. The summed E-state index contributed by atoms with van der Waals surface area (Å²) in [6.45, 7) is -0.613. The molecule has 7 nitrogen and oxygen atoms in total. The zero-order valence-electron chi connectivity index (χ0n) is 18.1. The van der Waals surface area contributed by atoms with Gasteiger partial charge in [-0.2, -0.15) is 0 Å². The highest BCUT2D eigenvalue weighted by Crippen LogP contribution is 2.36. The third-order valence-corrected chi connectivity index (χ3v) is 6.51. The Balaban J connectivity index is 1.49. The predicted octanol–water partition coefficient (Wildman–Crippen LogP) is 4.04. The van der Waals surface area contributed by atoms with Crippen LogP contribution in [0.4, 0.5) is 5.69 Å². The van der Waals surface area contributed by atoms with Crippen molar-refractivity contribution in [2.45, 2.75) is 25.3 Å². The maximum Gasteiger partial charge on any atom is 0.330 e. The van der Waals surface area contributed by atoms with Crippen molar-refractivity contribution in [3.8, 4) is 0 Å². The number of rotatable bonds is 7. The molecule has 3 atom stereocenters. The molecule has 3 amide bonds. The number of nitrogens with one attached hydrogen (secondary N) is 1. The Labute approximate surface area is 206 Å². The largest absolute Gasteiger partial charge is 0.454 e. The molecule has 176 valence electrons. The number of carbonyl (C=O) groups excluding carboxylic acids is 4. The van der Waals surface area contributed by atoms with Gasteiger partial charge in [-0.05, 0) is 36.6 Å². The number of esters is 1. The Morgan fingerprint density at radius 2 is 1.65 bits per heavy atom. The Kier molecular flexibility index (Phi) is 7.34. The minimum atomic E-state index is -1.17. The second-order valence-electron chi connectivity index (χ2n) is 8.19. The normalized spacial score (nSPS) is 20.1. The number of benzene rings is 2. The smallest absolute Gasteiger partial charge is 0.330 e. The summed E-state index contributed by atoms with van der Waals surface area (Å²) >= 11 is 12.0. The third kappa shape index (κ3) is 5.16. The standard InChI is InChI=1S/C25H22Cl2N2O5/c26-16-10-11-19(27)20(13-16)28-22(30)14-34-25(33)21(12-15-6-2-1-3-7-15)29-23(31)17-8-4-5-9-18(17)24(29)32/h1-7,10-11,13,17-18,21H,8-9,12,14H2,(H,28,30)/t17-,18+,21-/m1/s1. The van der Waals surface area contributed by atoms with E-state index in [-0.39, 0.29) is 28.9 Å². The van der Waals surface area contributed by atoms with Crippen molar-refractivity contribution in [3.05, 3.63) is 76.3 Å². The van der Waals surface area contributed by atoms with Crippen LogP contribution in [0.25, 0.3) is 0 Å². The van der Waals surface area contributed by atoms with E-state index in [1.165, 1.54) is 12.1 Å². The van der Waals surface area contributed by atoms with E-state index in [1.807, 2.05) is 18.2 Å². The monoisotopic (exact) mass is 500 g/mol. The molecule has 1 N–H and O–H groups in total. The van der Waals surface area contributed by atoms with Crippen LogP contribution in [-0.2, 0) is 30.3 Å². The topological polar surface area (TPSA) is 92.8 Å². The number of halogens is 2. The summed E-state index contributed by atoms with van der Waals surface area (Å²) < 4.78 is 5.25. The van der Waals surface area contributed by atoms with E-state index in [4.69, 9.17) is 27.9 Å². The number of fused-ring (bicyclic) bond motifs is 1. The minimum absolute atomic E-state index is 0.0890. The van der Waals surface area contributed by atoms with E-state index >= 15 is 0 Å². The molecule has 1 fully saturated rings. The summed E-state index contributed by atoms with van der Waals surface area (Å²) in [6.07, 6.45) is 4.77. The van der Waals surface area contributed by atoms with Gasteiger partial charge in [0, 0.05) is 11.4 Å². The van der Waals surface area contributed by atoms with Crippen LogP contribution in [0.5, 0.6) is 0 Å². The molecule has 4 rings (SSSR count). The van der Waals surface area contributed by atoms with E-state index in [1.54, 1.807) is 30.3 Å². The first kappa shape index (κ1) is 24.0. The molecule has 0 unspecified atom stereocenters. The number of allylic oxidation sites excluding steroid dienone is 2. The number of anilines is 1. The first-order valence-electron chi connectivity index (χ1n) is 10.8. The van der Waals surface area contributed by atoms with Crippen molar-refractivity contribution in [3.63, 3.8) is 0 Å². The number of ether oxygens (including phenoxy) is 1. The van der Waals surface area contributed by atoms with Crippen LogP contribution < -0.4 is 5.32 Å². The Morgan fingerprint density at radius 3 is 2.29 bits per heavy atom. The summed E-state index contributed by atoms with van der Waals surface area (Å²) in [5, 5.41) is 3.18. The highest BCUT2D eigenvalue weighted by molar-refractivity contribution is 6.35. The summed E-state index contributed by atoms with van der Waals surface area (Å²) in [5.74, 6) is -3.18. The lowest BCUT2D eigenvalue weighted by atomic mass is 9.85. The average molecular weight is 501 g/mol. The first-order valence-corrected chi connectivity index (χ1v) is 11.6. The zero-order chi connectivity index (χ0) is 24.2. The Bertz CT molecular complexity index is 1130. The fourth-order valence-electron chi connectivity index (χ4n) is 4.26. The lowest BCUT2D eigenvalue weighted by Crippen LogP contribution is -2.48. The highest BCUT2D eigenvalue weighted by Gasteiger charge is 2.51. The van der Waals surface area contributed by atoms with Gasteiger partial charge in [0.25, 0.3) is 5.91 Å². The van der Waals surface area contributed by atoms with E-state index in [0.29, 0.717) is 17.9 Å². The van der Waals surface area contributed by atoms with Gasteiger partial charge in [-0.15, -0.1) is 0 Å². The van der Waals surface area contributed by atoms with Crippen LogP contribution in [0.2, 0.25) is 10.0 Å². The molecule has 2 aliphatic rings. The van der Waals surface area contributed by atoms with Crippen LogP contribution in [-0.4, -0.2) is 41.2 Å². The fourth-order valence-corrected chi connectivity index (χ4v) is 4.60. The van der Waals surface area contributed by atoms with Crippen molar-refractivity contribution in [1.82, 2.24) is 4.90 Å². The number of imide groups is 1. The molecule has 2 aromatic rings. The summed E-state index contributed by atoms with van der Waals surface area (Å²) in [6, 6.07) is 12.4. The van der Waals surface area contributed by atoms with E-state index < -0.39 is 36.4 Å². The molecule has 0 aromatic heterocycles. The molecule has 0 bridgehead atoms. The molecule has 1 aliphatic carbocycles. The molecule has 9 heteroatoms. The van der Waals surface area contributed by atoms with Gasteiger partial charge in [-0.25, -0.2) is 4.79 Å². The number of carbonyl (C=O) groups is 4. The third-order valence-electron chi connectivity index (χ3n) is 5.95. The van der Waals surface area contributed by atoms with Gasteiger partial charge in [0.2, 0.25) is 11.8 Å². The molecule has 0 radical (unpaired) electrons. The molecule has 34 heavy (non-hydrogen) atoms. The first-order chi connectivity index (χ1) is 16.3. The average Bonchev–Trinajstić information content (AvgIpc) is 3.09. The Hall–Kier alpha value is -3.16. The SMILES string of the molecule is O=C(COC(=O)[C@@H](Cc1ccccc1)N1C(=O)[C@H]2CC=CC[C@H]2C1=O)Nc1cc(Cl)ccc1Cl. The van der Waals surface area contributed by atoms with Gasteiger partial charge in [0.05, 0.1) is 22.5 Å². The number of hydrogen-bond donors (Lipinski definition) is 1. The predicted molar refractivity (Wildman–Crippen MR) is 127 cm³/mol. The van der Waals surface area contributed by atoms with Gasteiger partial charge in [0.15, 0.2) is 6.61 Å². The summed E-state index contributed by atoms with van der Waals surface area (Å²) in [5.41, 5.74) is 1.03. The minimum Gasteiger partial charge on any atom is -0.454 e. The number of amides is 3. The van der Waals surface area contributed by atoms with E-state index in [0.717, 1.165) is 10.5 Å². The summed E-state index contributed by atoms with van der Waals surface area (Å²) in [7, 11) is 0. The second-order valence-corrected chi connectivity index (χ2v) is 9.03. The van der Waals surface area contributed by atoms with Crippen molar-refractivity contribution >= 4 is 52.6 Å². The molecule has 2 aromatic carbocycles. The molecule has 0 saturated carbocycles. The maximum absolute atomic E-state index is 13.1. The molecule has 1 aliphatic heterocycles. The zero-order valence-corrected chi connectivity index (χ0v) is 19.6. The second kappa shape index (κ2) is 10.4. The van der Waals surface area contributed by atoms with Crippen molar-refractivity contribution in [2.24, 2.45) is 11.8 Å². The molecule has 1 saturated heterocycles. The van der Waals surface area contributed by atoms with Crippen molar-refractivity contribution < 1.29 is 23.9 Å². The molecule has 1 heterocycles. The van der Waals surface area contributed by atoms with Crippen LogP contribution >= 0.6 is 23.2 Å². The van der Waals surface area contributed by atoms with E-state index in [9.17, 15) is 19.2 Å². The van der Waals surface area contributed by atoms with Crippen molar-refractivity contribution in [2.75, 3.05) is 11.9 Å². The number of nitrogens with zero attached hydrogens (tertiary/aromatic N) is 1. The van der Waals surface area contributed by atoms with Gasteiger partial charge in [-0.3, -0.25) is 19.3 Å². The quantitative estimate of drug-likeness (QED) is 0.351. The van der Waals surface area contributed by atoms with Crippen LogP contribution in [0.15, 0.2) is 60.7 Å². The van der Waals surface area contributed by atoms with Crippen molar-refractivity contribution in [1.29, 1.82) is 0 Å². The van der Waals surface area contributed by atoms with Gasteiger partial charge in [0.1, 0.15) is 6.04 Å². The lowest BCUT2D eigenvalue weighted by Gasteiger charge is -2.25. The number of likely N-dealkylation sites (tertiary alicyclic amines) is 1. The van der Waals surface area contributed by atoms with Gasteiger partial charge in [-0.1, -0.05) is 65.7 Å². The van der Waals surface area contributed by atoms with Gasteiger partial charge < -0.3 is 10.1 Å². The van der Waals surface area contributed by atoms with Gasteiger partial charge >= 0.3 is 5.97 Å². The summed E-state index contributed by atoms with van der Waals surface area (Å²) in [4.78, 5) is 52.7. The molecule has 0 spiro atoms. The maximum atomic E-state index is 13.1. The highest BCUT2D eigenvalue weighted by atomic mass is 35.5. The van der Waals surface area contributed by atoms with Crippen LogP contribution in [0.1, 0.15) is 18.4 Å². The number of hydrogen-bond acceptors (Lipinski definition) is 5. The van der Waals surface area contributed by atoms with E-state index in [2.05, 4.69) is 5.32 Å². The van der Waals surface area contributed by atoms with Crippen LogP contribution in [0, 0.1) is 11.8 Å². The Morgan fingerprint density at radius 1 is 1.00 bits per heavy atom. The fraction of sp³-hybridized carbons (Fsp3) is 0.280. The van der Waals surface area contributed by atoms with Crippen LogP contribution in [0.3, 0.4) is 0 Å².